The first-order valence-electron chi connectivity index (χ1n) is 3.40. The molecule has 0 fully saturated rings. The number of allylic oxidation sites excluding steroid dienone is 2. The Hall–Kier alpha value is -0.770. The van der Waals surface area contributed by atoms with E-state index >= 15 is 0 Å². The summed E-state index contributed by atoms with van der Waals surface area (Å²) in [5.74, 6) is 0. The highest BCUT2D eigenvalue weighted by Gasteiger charge is 1.88. The van der Waals surface area contributed by atoms with E-state index in [2.05, 4.69) is 26.0 Å². The molecule has 1 nitrogen and oxygen atoms in total. The van der Waals surface area contributed by atoms with Crippen LogP contribution in [0, 0.1) is 11.3 Å². The van der Waals surface area contributed by atoms with Gasteiger partial charge in [0.25, 0.3) is 0 Å². The van der Waals surface area contributed by atoms with Gasteiger partial charge in [-0.15, -0.1) is 0 Å². The molecule has 0 heterocycles. The van der Waals surface area contributed by atoms with Crippen LogP contribution in [0.5, 0.6) is 0 Å². The van der Waals surface area contributed by atoms with Gasteiger partial charge in [-0.3, -0.25) is 0 Å². The number of hydrogen-bond donors (Lipinski definition) is 0. The van der Waals surface area contributed by atoms with Gasteiger partial charge in [-0.05, 0) is 12.8 Å². The lowest BCUT2D eigenvalue weighted by Crippen LogP contribution is -1.76. The molecular weight excluding hydrogens is 110 g/mol. The maximum absolute atomic E-state index is 8.30. The van der Waals surface area contributed by atoms with Crippen LogP contribution in [0.25, 0.3) is 0 Å². The van der Waals surface area contributed by atoms with Crippen molar-refractivity contribution in [3.8, 4) is 6.07 Å². The van der Waals surface area contributed by atoms with Crippen LogP contribution in [0.3, 0.4) is 0 Å². The highest BCUT2D eigenvalue weighted by Crippen LogP contribution is 2.05. The van der Waals surface area contributed by atoms with Gasteiger partial charge >= 0.3 is 0 Å². The molecule has 0 aromatic rings. The average molecular weight is 123 g/mol. The smallest absolute Gasteiger partial charge is 0.0666 e. The minimum absolute atomic E-state index is 0.602. The van der Waals surface area contributed by atoms with Gasteiger partial charge in [0.15, 0.2) is 0 Å². The van der Waals surface area contributed by atoms with E-state index in [9.17, 15) is 0 Å². The molecule has 0 radical (unpaired) electrons. The molecule has 50 valence electrons. The van der Waals surface area contributed by atoms with Crippen molar-refractivity contribution < 1.29 is 0 Å². The zero-order valence-corrected chi connectivity index (χ0v) is 6.15. The Labute approximate surface area is 57.0 Å². The molecule has 0 saturated carbocycles. The normalized spacial score (nSPS) is 11.0. The molecule has 0 rings (SSSR count). The zero-order valence-electron chi connectivity index (χ0n) is 6.15. The summed E-state index contributed by atoms with van der Waals surface area (Å²) in [4.78, 5) is 0. The molecule has 1 heteroatoms. The fourth-order valence-electron chi connectivity index (χ4n) is 0.732. The molecule has 0 aliphatic rings. The predicted molar refractivity (Wildman–Crippen MR) is 38.9 cm³/mol. The molecule has 9 heavy (non-hydrogen) atoms. The van der Waals surface area contributed by atoms with Gasteiger partial charge in [0.05, 0.1) is 12.5 Å². The fraction of sp³-hybridized carbons (Fsp3) is 0.625. The fourth-order valence-corrected chi connectivity index (χ4v) is 0.732. The third-order valence-corrected chi connectivity index (χ3v) is 1.25. The Kier molecular flexibility index (Phi) is 4.91. The second-order valence-electron chi connectivity index (χ2n) is 1.96. The Morgan fingerprint density at radius 3 is 2.56 bits per heavy atom. The molecule has 0 atom stereocenters. The molecule has 0 aromatic heterocycles. The van der Waals surface area contributed by atoms with Crippen LogP contribution in [-0.2, 0) is 0 Å². The highest BCUT2D eigenvalue weighted by atomic mass is 14.2. The van der Waals surface area contributed by atoms with Crippen LogP contribution in [0.1, 0.15) is 33.1 Å². The van der Waals surface area contributed by atoms with Crippen LogP contribution in [0.4, 0.5) is 0 Å². The van der Waals surface area contributed by atoms with Gasteiger partial charge in [0.1, 0.15) is 0 Å². The van der Waals surface area contributed by atoms with Crippen molar-refractivity contribution in [1.82, 2.24) is 0 Å². The molecule has 0 saturated heterocycles. The number of nitriles is 1. The Morgan fingerprint density at radius 1 is 1.56 bits per heavy atom. The third kappa shape index (κ3) is 3.78. The average Bonchev–Trinajstić information content (AvgIpc) is 1.88. The van der Waals surface area contributed by atoms with Gasteiger partial charge in [-0.1, -0.05) is 25.5 Å². The van der Waals surface area contributed by atoms with Crippen molar-refractivity contribution in [1.29, 1.82) is 5.26 Å². The van der Waals surface area contributed by atoms with E-state index in [0.29, 0.717) is 6.42 Å². The molecule has 0 aliphatic heterocycles. The minimum Gasteiger partial charge on any atom is -0.198 e. The van der Waals surface area contributed by atoms with Crippen LogP contribution >= 0.6 is 0 Å². The summed E-state index contributed by atoms with van der Waals surface area (Å²) in [7, 11) is 0. The third-order valence-electron chi connectivity index (χ3n) is 1.25. The van der Waals surface area contributed by atoms with Gasteiger partial charge in [-0.25, -0.2) is 0 Å². The van der Waals surface area contributed by atoms with Crippen LogP contribution in [0.2, 0.25) is 0 Å². The maximum Gasteiger partial charge on any atom is 0.0666 e. The minimum atomic E-state index is 0.602. The van der Waals surface area contributed by atoms with Crippen molar-refractivity contribution in [3.63, 3.8) is 0 Å². The monoisotopic (exact) mass is 123 g/mol. The van der Waals surface area contributed by atoms with E-state index in [1.807, 2.05) is 0 Å². The van der Waals surface area contributed by atoms with Gasteiger partial charge in [0.2, 0.25) is 0 Å². The lowest BCUT2D eigenvalue weighted by molar-refractivity contribution is 1.01. The summed E-state index contributed by atoms with van der Waals surface area (Å²) >= 11 is 0. The Balaban J connectivity index is 3.70. The predicted octanol–water partition coefficient (Wildman–Crippen LogP) is 2.65. The van der Waals surface area contributed by atoms with Crippen molar-refractivity contribution in [3.05, 3.63) is 11.6 Å². The lowest BCUT2D eigenvalue weighted by atomic mass is 10.1. The lowest BCUT2D eigenvalue weighted by Gasteiger charge is -1.93. The van der Waals surface area contributed by atoms with Crippen molar-refractivity contribution in [2.24, 2.45) is 0 Å². The second kappa shape index (κ2) is 5.37. The second-order valence-corrected chi connectivity index (χ2v) is 1.96. The molecule has 0 amide bonds. The van der Waals surface area contributed by atoms with E-state index in [-0.39, 0.29) is 0 Å². The zero-order chi connectivity index (χ0) is 7.11. The number of rotatable bonds is 3. The summed E-state index contributed by atoms with van der Waals surface area (Å²) in [6.45, 7) is 4.17. The first-order valence-corrected chi connectivity index (χ1v) is 3.40. The topological polar surface area (TPSA) is 23.8 Å². The van der Waals surface area contributed by atoms with Gasteiger partial charge in [-0.2, -0.15) is 5.26 Å². The SMILES string of the molecule is CC/C=C(\CC)CC#N. The van der Waals surface area contributed by atoms with Gasteiger partial charge < -0.3 is 0 Å². The molecular formula is C8H13N. The molecule has 0 aromatic carbocycles. The van der Waals surface area contributed by atoms with Crippen molar-refractivity contribution in [2.75, 3.05) is 0 Å². The maximum atomic E-state index is 8.30. The Morgan fingerprint density at radius 2 is 2.22 bits per heavy atom. The van der Waals surface area contributed by atoms with Crippen molar-refractivity contribution >= 4 is 0 Å². The standard InChI is InChI=1S/C8H13N/c1-3-5-8(4-2)6-7-9/h5H,3-4,6H2,1-2H3/b8-5+. The number of hydrogen-bond acceptors (Lipinski definition) is 1. The summed E-state index contributed by atoms with van der Waals surface area (Å²) < 4.78 is 0. The van der Waals surface area contributed by atoms with Crippen LogP contribution in [-0.4, -0.2) is 0 Å². The quantitative estimate of drug-likeness (QED) is 0.529. The van der Waals surface area contributed by atoms with Crippen LogP contribution in [0.15, 0.2) is 11.6 Å². The molecule has 0 unspecified atom stereocenters. The molecule has 0 spiro atoms. The first-order chi connectivity index (χ1) is 4.35. The summed E-state index contributed by atoms with van der Waals surface area (Å²) in [5.41, 5.74) is 1.26. The van der Waals surface area contributed by atoms with Crippen LogP contribution < -0.4 is 0 Å². The van der Waals surface area contributed by atoms with E-state index in [4.69, 9.17) is 5.26 Å². The van der Waals surface area contributed by atoms with E-state index in [0.717, 1.165) is 12.8 Å². The van der Waals surface area contributed by atoms with E-state index in [1.165, 1.54) is 5.57 Å². The van der Waals surface area contributed by atoms with E-state index in [1.54, 1.807) is 0 Å². The highest BCUT2D eigenvalue weighted by molar-refractivity contribution is 5.06. The van der Waals surface area contributed by atoms with Gasteiger partial charge in [0, 0.05) is 0 Å². The van der Waals surface area contributed by atoms with E-state index < -0.39 is 0 Å². The largest absolute Gasteiger partial charge is 0.198 e. The summed E-state index contributed by atoms with van der Waals surface area (Å²) in [6, 6.07) is 2.14. The summed E-state index contributed by atoms with van der Waals surface area (Å²) in [6.07, 6.45) is 4.79. The Bertz CT molecular complexity index is 128. The molecule has 0 bridgehead atoms. The first kappa shape index (κ1) is 8.23. The summed E-state index contributed by atoms with van der Waals surface area (Å²) in [5, 5.41) is 8.30. The molecule has 0 N–H and O–H groups in total. The van der Waals surface area contributed by atoms with Crippen molar-refractivity contribution in [2.45, 2.75) is 33.1 Å². The molecule has 0 aliphatic carbocycles. The number of nitrogens with zero attached hydrogens (tertiary/aromatic N) is 1.